The van der Waals surface area contributed by atoms with Gasteiger partial charge in [-0.1, -0.05) is 18.2 Å². The Morgan fingerprint density at radius 3 is 2.24 bits per heavy atom. The number of pyridine rings is 1. The van der Waals surface area contributed by atoms with Crippen molar-refractivity contribution < 1.29 is 4.39 Å². The van der Waals surface area contributed by atoms with Crippen LogP contribution in [0, 0.1) is 5.82 Å². The zero-order valence-corrected chi connectivity index (χ0v) is 12.1. The Hall–Kier alpha value is -1.78. The monoisotopic (exact) mass is 285 g/mol. The molecule has 1 unspecified atom stereocenters. The van der Waals surface area contributed by atoms with Crippen molar-refractivity contribution in [3.63, 3.8) is 0 Å². The molecule has 1 heterocycles. The molecule has 3 rings (SSSR count). The SMILES string of the molecule is C[C@H](N)C(N)(c1ccc(F)cc1)c1ccc(C2CC2)nc1. The number of aromatic nitrogens is 1. The molecule has 0 bridgehead atoms. The fraction of sp³-hybridized carbons (Fsp3) is 0.353. The third-order valence-electron chi connectivity index (χ3n) is 4.30. The van der Waals surface area contributed by atoms with Crippen LogP contribution in [0.1, 0.15) is 42.5 Å². The minimum Gasteiger partial charge on any atom is -0.326 e. The molecule has 1 saturated carbocycles. The van der Waals surface area contributed by atoms with Crippen LogP contribution in [0.4, 0.5) is 4.39 Å². The number of hydrogen-bond acceptors (Lipinski definition) is 3. The van der Waals surface area contributed by atoms with Crippen molar-refractivity contribution in [2.75, 3.05) is 0 Å². The number of rotatable bonds is 4. The average Bonchev–Trinajstić information content (AvgIpc) is 3.32. The lowest BCUT2D eigenvalue weighted by atomic mass is 9.79. The minimum absolute atomic E-state index is 0.284. The van der Waals surface area contributed by atoms with Crippen molar-refractivity contribution in [2.24, 2.45) is 11.5 Å². The lowest BCUT2D eigenvalue weighted by Gasteiger charge is -2.34. The predicted octanol–water partition coefficient (Wildman–Crippen LogP) is 2.65. The summed E-state index contributed by atoms with van der Waals surface area (Å²) in [6.45, 7) is 1.86. The van der Waals surface area contributed by atoms with E-state index in [1.807, 2.05) is 19.1 Å². The fourth-order valence-corrected chi connectivity index (χ4v) is 2.69. The van der Waals surface area contributed by atoms with E-state index in [2.05, 4.69) is 4.98 Å². The van der Waals surface area contributed by atoms with Crippen molar-refractivity contribution in [1.82, 2.24) is 4.98 Å². The molecule has 4 heteroatoms. The maximum absolute atomic E-state index is 13.1. The Morgan fingerprint density at radius 2 is 1.76 bits per heavy atom. The molecule has 0 spiro atoms. The molecule has 2 aromatic rings. The zero-order chi connectivity index (χ0) is 15.0. The van der Waals surface area contributed by atoms with Gasteiger partial charge in [0.25, 0.3) is 0 Å². The van der Waals surface area contributed by atoms with Crippen LogP contribution >= 0.6 is 0 Å². The van der Waals surface area contributed by atoms with Crippen LogP contribution < -0.4 is 11.5 Å². The van der Waals surface area contributed by atoms with Gasteiger partial charge >= 0.3 is 0 Å². The number of nitrogens with zero attached hydrogens (tertiary/aromatic N) is 1. The van der Waals surface area contributed by atoms with E-state index in [-0.39, 0.29) is 11.9 Å². The molecule has 21 heavy (non-hydrogen) atoms. The van der Waals surface area contributed by atoms with Crippen LogP contribution in [0.15, 0.2) is 42.6 Å². The molecule has 1 aliphatic rings. The van der Waals surface area contributed by atoms with Crippen molar-refractivity contribution in [1.29, 1.82) is 0 Å². The van der Waals surface area contributed by atoms with Crippen LogP contribution in [0.3, 0.4) is 0 Å². The van der Waals surface area contributed by atoms with Gasteiger partial charge in [-0.25, -0.2) is 4.39 Å². The molecule has 4 N–H and O–H groups in total. The normalized spacial score (nSPS) is 19.0. The molecule has 1 aromatic carbocycles. The van der Waals surface area contributed by atoms with E-state index < -0.39 is 5.54 Å². The molecule has 3 nitrogen and oxygen atoms in total. The summed E-state index contributed by atoms with van der Waals surface area (Å²) in [5.41, 5.74) is 14.6. The van der Waals surface area contributed by atoms with Gasteiger partial charge in [0.2, 0.25) is 0 Å². The third kappa shape index (κ3) is 2.57. The van der Waals surface area contributed by atoms with Gasteiger partial charge in [-0.3, -0.25) is 4.98 Å². The standard InChI is InChI=1S/C17H20FN3/c1-11(19)17(20,13-4-7-15(18)8-5-13)14-6-9-16(21-10-14)12-2-3-12/h4-12H,2-3,19-20H2,1H3/t11-,17?/m0/s1. The Balaban J connectivity index is 2.01. The summed E-state index contributed by atoms with van der Waals surface area (Å²) >= 11 is 0. The van der Waals surface area contributed by atoms with Crippen molar-refractivity contribution in [3.8, 4) is 0 Å². The van der Waals surface area contributed by atoms with E-state index in [1.165, 1.54) is 25.0 Å². The quantitative estimate of drug-likeness (QED) is 0.907. The molecule has 0 amide bonds. The van der Waals surface area contributed by atoms with Gasteiger partial charge in [0.05, 0.1) is 5.54 Å². The average molecular weight is 285 g/mol. The van der Waals surface area contributed by atoms with Gasteiger partial charge in [-0.05, 0) is 49.1 Å². The number of hydrogen-bond donors (Lipinski definition) is 2. The Morgan fingerprint density at radius 1 is 1.14 bits per heavy atom. The smallest absolute Gasteiger partial charge is 0.123 e. The van der Waals surface area contributed by atoms with Gasteiger partial charge in [-0.2, -0.15) is 0 Å². The lowest BCUT2D eigenvalue weighted by Crippen LogP contribution is -2.51. The molecule has 110 valence electrons. The van der Waals surface area contributed by atoms with E-state index >= 15 is 0 Å². The van der Waals surface area contributed by atoms with Gasteiger partial charge in [-0.15, -0.1) is 0 Å². The molecule has 1 fully saturated rings. The molecule has 2 atom stereocenters. The van der Waals surface area contributed by atoms with Gasteiger partial charge in [0.15, 0.2) is 0 Å². The van der Waals surface area contributed by atoms with E-state index in [0.29, 0.717) is 5.92 Å². The van der Waals surface area contributed by atoms with Crippen LogP contribution in [0.25, 0.3) is 0 Å². The third-order valence-corrected chi connectivity index (χ3v) is 4.30. The fourth-order valence-electron chi connectivity index (χ4n) is 2.69. The number of benzene rings is 1. The van der Waals surface area contributed by atoms with Crippen LogP contribution in [-0.4, -0.2) is 11.0 Å². The second-order valence-corrected chi connectivity index (χ2v) is 5.91. The number of nitrogens with two attached hydrogens (primary N) is 2. The molecular formula is C17H20FN3. The molecule has 0 saturated heterocycles. The Bertz CT molecular complexity index is 617. The Labute approximate surface area is 124 Å². The predicted molar refractivity (Wildman–Crippen MR) is 81.2 cm³/mol. The van der Waals surface area contributed by atoms with Gasteiger partial charge < -0.3 is 11.5 Å². The highest BCUT2D eigenvalue weighted by Gasteiger charge is 2.35. The summed E-state index contributed by atoms with van der Waals surface area (Å²) in [7, 11) is 0. The summed E-state index contributed by atoms with van der Waals surface area (Å²) in [5.74, 6) is 0.320. The minimum atomic E-state index is -0.872. The van der Waals surface area contributed by atoms with Crippen LogP contribution in [0.5, 0.6) is 0 Å². The first-order valence-corrected chi connectivity index (χ1v) is 7.28. The van der Waals surface area contributed by atoms with Crippen molar-refractivity contribution in [2.45, 2.75) is 37.3 Å². The number of halogens is 1. The van der Waals surface area contributed by atoms with E-state index in [9.17, 15) is 4.39 Å². The zero-order valence-electron chi connectivity index (χ0n) is 12.1. The topological polar surface area (TPSA) is 64.9 Å². The molecular weight excluding hydrogens is 265 g/mol. The van der Waals surface area contributed by atoms with Crippen molar-refractivity contribution in [3.05, 3.63) is 65.2 Å². The summed E-state index contributed by atoms with van der Waals surface area (Å²) in [6, 6.07) is 9.89. The van der Waals surface area contributed by atoms with Crippen molar-refractivity contribution >= 4 is 0 Å². The van der Waals surface area contributed by atoms with E-state index in [0.717, 1.165) is 16.8 Å². The van der Waals surface area contributed by atoms with E-state index in [1.54, 1.807) is 18.3 Å². The highest BCUT2D eigenvalue weighted by atomic mass is 19.1. The van der Waals surface area contributed by atoms with Gasteiger partial charge in [0, 0.05) is 23.9 Å². The van der Waals surface area contributed by atoms with Gasteiger partial charge in [0.1, 0.15) is 5.82 Å². The summed E-state index contributed by atoms with van der Waals surface area (Å²) in [4.78, 5) is 4.52. The lowest BCUT2D eigenvalue weighted by molar-refractivity contribution is 0.443. The van der Waals surface area contributed by atoms with Crippen LogP contribution in [-0.2, 0) is 5.54 Å². The molecule has 1 aromatic heterocycles. The van der Waals surface area contributed by atoms with E-state index in [4.69, 9.17) is 11.5 Å². The Kier molecular flexibility index (Phi) is 3.51. The maximum atomic E-state index is 13.1. The second kappa shape index (κ2) is 5.20. The second-order valence-electron chi connectivity index (χ2n) is 5.91. The first-order valence-electron chi connectivity index (χ1n) is 7.28. The first-order chi connectivity index (χ1) is 10.0. The van der Waals surface area contributed by atoms with Crippen LogP contribution in [0.2, 0.25) is 0 Å². The largest absolute Gasteiger partial charge is 0.326 e. The molecule has 0 aliphatic heterocycles. The molecule has 0 radical (unpaired) electrons. The highest BCUT2D eigenvalue weighted by Crippen LogP contribution is 2.39. The highest BCUT2D eigenvalue weighted by molar-refractivity contribution is 5.39. The summed E-state index contributed by atoms with van der Waals surface area (Å²) < 4.78 is 13.1. The first kappa shape index (κ1) is 14.2. The molecule has 1 aliphatic carbocycles. The summed E-state index contributed by atoms with van der Waals surface area (Å²) in [6.07, 6.45) is 4.23. The maximum Gasteiger partial charge on any atom is 0.123 e. The summed E-state index contributed by atoms with van der Waals surface area (Å²) in [5, 5.41) is 0.